The minimum atomic E-state index is -0.630. The van der Waals surface area contributed by atoms with E-state index < -0.39 is 6.03 Å². The fourth-order valence-electron chi connectivity index (χ4n) is 1.37. The molecule has 0 aliphatic heterocycles. The van der Waals surface area contributed by atoms with Crippen LogP contribution in [0, 0.1) is 11.3 Å². The zero-order chi connectivity index (χ0) is 14.4. The van der Waals surface area contributed by atoms with E-state index in [1.165, 1.54) is 6.20 Å². The van der Waals surface area contributed by atoms with Gasteiger partial charge in [0, 0.05) is 17.6 Å². The number of aromatic nitrogens is 4. The van der Waals surface area contributed by atoms with Crippen LogP contribution in [0.1, 0.15) is 5.82 Å². The molecule has 5 N–H and O–H groups in total. The smallest absolute Gasteiger partial charge is 0.316 e. The van der Waals surface area contributed by atoms with Crippen LogP contribution >= 0.6 is 0 Å². The van der Waals surface area contributed by atoms with E-state index in [0.717, 1.165) is 5.69 Å². The molecule has 100 valence electrons. The van der Waals surface area contributed by atoms with Gasteiger partial charge in [0.15, 0.2) is 0 Å². The number of aromatic amines is 1. The van der Waals surface area contributed by atoms with Gasteiger partial charge in [0.2, 0.25) is 5.82 Å². The van der Waals surface area contributed by atoms with E-state index in [4.69, 9.17) is 11.0 Å². The highest BCUT2D eigenvalue weighted by molar-refractivity contribution is 5.88. The van der Waals surface area contributed by atoms with E-state index in [1.54, 1.807) is 24.3 Å². The number of allylic oxidation sites excluding steroid dienone is 1. The number of H-pyrrole nitrogens is 1. The highest BCUT2D eigenvalue weighted by Gasteiger charge is 2.05. The number of tetrazole rings is 1. The first-order chi connectivity index (χ1) is 9.69. The fraction of sp³-hybridized carbons (Fsp3) is 0. The summed E-state index contributed by atoms with van der Waals surface area (Å²) in [4.78, 5) is 10.7. The second kappa shape index (κ2) is 5.96. The van der Waals surface area contributed by atoms with E-state index in [9.17, 15) is 4.79 Å². The molecule has 2 rings (SSSR count). The number of nitriles is 1. The van der Waals surface area contributed by atoms with Gasteiger partial charge in [0.25, 0.3) is 0 Å². The number of rotatable bonds is 4. The molecule has 0 atom stereocenters. The van der Waals surface area contributed by atoms with E-state index in [1.807, 2.05) is 6.07 Å². The average molecular weight is 270 g/mol. The molecule has 0 bridgehead atoms. The lowest BCUT2D eigenvalue weighted by Crippen LogP contribution is -2.19. The van der Waals surface area contributed by atoms with Gasteiger partial charge in [-0.1, -0.05) is 0 Å². The minimum absolute atomic E-state index is 0.201. The molecule has 0 unspecified atom stereocenters. The van der Waals surface area contributed by atoms with Gasteiger partial charge in [0.05, 0.1) is 0 Å². The van der Waals surface area contributed by atoms with Crippen LogP contribution in [-0.2, 0) is 0 Å². The number of nitrogens with two attached hydrogens (primary N) is 1. The van der Waals surface area contributed by atoms with Crippen molar-refractivity contribution < 1.29 is 4.79 Å². The summed E-state index contributed by atoms with van der Waals surface area (Å²) in [5.41, 5.74) is 6.53. The Kier molecular flexibility index (Phi) is 3.89. The third kappa shape index (κ3) is 3.30. The first kappa shape index (κ1) is 13.0. The normalized spacial score (nSPS) is 10.7. The number of primary amides is 1. The standard InChI is InChI=1S/C11H10N8O/c12-5-7(10-16-18-19-17-10)6-14-8-1-3-9(4-2-8)15-11(13)20/h1-4,6,14H,(H3,13,15,20)(H,16,17,18,19). The van der Waals surface area contributed by atoms with Crippen molar-refractivity contribution >= 4 is 23.0 Å². The Hall–Kier alpha value is -3.41. The molecule has 20 heavy (non-hydrogen) atoms. The van der Waals surface area contributed by atoms with Crippen LogP contribution < -0.4 is 16.4 Å². The Morgan fingerprint density at radius 1 is 1.35 bits per heavy atom. The maximum atomic E-state index is 10.7. The van der Waals surface area contributed by atoms with Gasteiger partial charge in [-0.05, 0) is 29.5 Å². The van der Waals surface area contributed by atoms with Gasteiger partial charge < -0.3 is 16.4 Å². The van der Waals surface area contributed by atoms with Gasteiger partial charge in [-0.25, -0.2) is 4.79 Å². The maximum Gasteiger partial charge on any atom is 0.316 e. The summed E-state index contributed by atoms with van der Waals surface area (Å²) in [5.74, 6) is 0.201. The first-order valence-corrected chi connectivity index (χ1v) is 5.46. The van der Waals surface area contributed by atoms with Crippen LogP contribution in [0.15, 0.2) is 30.5 Å². The third-order valence-electron chi connectivity index (χ3n) is 2.24. The molecule has 1 aromatic carbocycles. The number of nitrogens with one attached hydrogen (secondary N) is 3. The molecule has 2 amide bonds. The molecule has 0 saturated heterocycles. The van der Waals surface area contributed by atoms with Crippen LogP contribution in [0.2, 0.25) is 0 Å². The Balaban J connectivity index is 2.07. The van der Waals surface area contributed by atoms with Gasteiger partial charge in [-0.15, -0.1) is 10.2 Å². The van der Waals surface area contributed by atoms with Gasteiger partial charge in [-0.3, -0.25) is 0 Å². The molecule has 0 fully saturated rings. The molecule has 0 spiro atoms. The van der Waals surface area contributed by atoms with E-state index in [2.05, 4.69) is 31.3 Å². The number of benzene rings is 1. The van der Waals surface area contributed by atoms with Crippen LogP contribution in [0.5, 0.6) is 0 Å². The lowest BCUT2D eigenvalue weighted by atomic mass is 10.2. The Morgan fingerprint density at radius 2 is 2.05 bits per heavy atom. The van der Waals surface area contributed by atoms with Crippen LogP contribution in [-0.4, -0.2) is 26.7 Å². The molecule has 0 aliphatic rings. The number of hydrogen-bond acceptors (Lipinski definition) is 6. The summed E-state index contributed by atoms with van der Waals surface area (Å²) >= 11 is 0. The minimum Gasteiger partial charge on any atom is -0.360 e. The summed E-state index contributed by atoms with van der Waals surface area (Å²) in [5, 5.41) is 27.4. The SMILES string of the molecule is N#CC(=CNc1ccc(NC(N)=O)cc1)c1nn[nH]n1. The van der Waals surface area contributed by atoms with Crippen LogP contribution in [0.4, 0.5) is 16.2 Å². The summed E-state index contributed by atoms with van der Waals surface area (Å²) in [7, 11) is 0. The molecule has 1 heterocycles. The van der Waals surface area contributed by atoms with Crippen molar-refractivity contribution in [3.8, 4) is 6.07 Å². The number of nitrogens with zero attached hydrogens (tertiary/aromatic N) is 4. The second-order valence-electron chi connectivity index (χ2n) is 3.62. The molecule has 9 nitrogen and oxygen atoms in total. The van der Waals surface area contributed by atoms with Crippen LogP contribution in [0.25, 0.3) is 5.57 Å². The van der Waals surface area contributed by atoms with Crippen molar-refractivity contribution in [2.75, 3.05) is 10.6 Å². The largest absolute Gasteiger partial charge is 0.360 e. The molecular formula is C11H10N8O. The summed E-state index contributed by atoms with van der Waals surface area (Å²) in [6, 6.07) is 8.09. The predicted octanol–water partition coefficient (Wildman–Crippen LogP) is 0.667. The Bertz CT molecular complexity index is 653. The fourth-order valence-corrected chi connectivity index (χ4v) is 1.37. The first-order valence-electron chi connectivity index (χ1n) is 5.46. The second-order valence-corrected chi connectivity index (χ2v) is 3.62. The number of hydrogen-bond donors (Lipinski definition) is 4. The van der Waals surface area contributed by atoms with Gasteiger partial charge in [0.1, 0.15) is 11.6 Å². The lowest BCUT2D eigenvalue weighted by Gasteiger charge is -2.04. The lowest BCUT2D eigenvalue weighted by molar-refractivity contribution is 0.259. The molecule has 0 saturated carbocycles. The van der Waals surface area contributed by atoms with Gasteiger partial charge in [-0.2, -0.15) is 10.5 Å². The topological polar surface area (TPSA) is 145 Å². The van der Waals surface area contributed by atoms with Crippen molar-refractivity contribution in [3.63, 3.8) is 0 Å². The number of amides is 2. The molecule has 9 heteroatoms. The predicted molar refractivity (Wildman–Crippen MR) is 71.0 cm³/mol. The van der Waals surface area contributed by atoms with E-state index in [-0.39, 0.29) is 11.4 Å². The number of carbonyl (C=O) groups excluding carboxylic acids is 1. The molecule has 1 aromatic heterocycles. The summed E-state index contributed by atoms with van der Waals surface area (Å²) in [6.45, 7) is 0. The Morgan fingerprint density at radius 3 is 2.60 bits per heavy atom. The average Bonchev–Trinajstić information content (AvgIpc) is 2.95. The Labute approximate surface area is 113 Å². The molecule has 0 radical (unpaired) electrons. The van der Waals surface area contributed by atoms with Gasteiger partial charge >= 0.3 is 6.03 Å². The number of carbonyl (C=O) groups is 1. The van der Waals surface area contributed by atoms with Crippen molar-refractivity contribution in [2.24, 2.45) is 5.73 Å². The van der Waals surface area contributed by atoms with Crippen LogP contribution in [0.3, 0.4) is 0 Å². The zero-order valence-corrected chi connectivity index (χ0v) is 10.2. The molecular weight excluding hydrogens is 260 g/mol. The third-order valence-corrected chi connectivity index (χ3v) is 2.24. The van der Waals surface area contributed by atoms with Crippen molar-refractivity contribution in [1.29, 1.82) is 5.26 Å². The molecule has 2 aromatic rings. The summed E-state index contributed by atoms with van der Waals surface area (Å²) in [6.07, 6.45) is 1.46. The highest BCUT2D eigenvalue weighted by atomic mass is 16.2. The molecule has 0 aliphatic carbocycles. The number of anilines is 2. The quantitative estimate of drug-likeness (QED) is 0.600. The summed E-state index contributed by atoms with van der Waals surface area (Å²) < 4.78 is 0. The van der Waals surface area contributed by atoms with E-state index >= 15 is 0 Å². The van der Waals surface area contributed by atoms with Crippen molar-refractivity contribution in [1.82, 2.24) is 20.6 Å². The van der Waals surface area contributed by atoms with Crippen molar-refractivity contribution in [3.05, 3.63) is 36.3 Å². The zero-order valence-electron chi connectivity index (χ0n) is 10.2. The highest BCUT2D eigenvalue weighted by Crippen LogP contribution is 2.14. The monoisotopic (exact) mass is 270 g/mol. The van der Waals surface area contributed by atoms with Crippen molar-refractivity contribution in [2.45, 2.75) is 0 Å². The number of urea groups is 1. The van der Waals surface area contributed by atoms with E-state index in [0.29, 0.717) is 5.69 Å². The maximum absolute atomic E-state index is 10.7.